The van der Waals surface area contributed by atoms with Crippen LogP contribution in [0.15, 0.2) is 22.9 Å². The van der Waals surface area contributed by atoms with Crippen molar-refractivity contribution in [1.82, 2.24) is 25.4 Å². The third-order valence-electron chi connectivity index (χ3n) is 2.34. The van der Waals surface area contributed by atoms with Crippen LogP contribution in [-0.2, 0) is 6.54 Å². The van der Waals surface area contributed by atoms with Crippen LogP contribution >= 0.6 is 0 Å². The van der Waals surface area contributed by atoms with Crippen LogP contribution in [0.25, 0.3) is 11.0 Å². The van der Waals surface area contributed by atoms with Crippen molar-refractivity contribution in [3.8, 4) is 0 Å². The standard InChI is InChI=1S/C10H10N6O/c1-6-14-15-9(17-6)5-12-7-2-3-11-8-4-13-16-10(7)8/h2-4H,5H2,1H3,(H,11,12)(H,13,16). The predicted octanol–water partition coefficient (Wildman–Crippen LogP) is 1.26. The van der Waals surface area contributed by atoms with Crippen LogP contribution in [0.3, 0.4) is 0 Å². The molecule has 0 radical (unpaired) electrons. The lowest BCUT2D eigenvalue weighted by Crippen LogP contribution is -2.00. The Hall–Kier alpha value is -2.44. The van der Waals surface area contributed by atoms with E-state index in [9.17, 15) is 0 Å². The van der Waals surface area contributed by atoms with Gasteiger partial charge in [-0.25, -0.2) is 0 Å². The SMILES string of the molecule is Cc1nnc(CNc2ccnc3cn[nH]c23)o1. The van der Waals surface area contributed by atoms with Crippen molar-refractivity contribution in [1.29, 1.82) is 0 Å². The van der Waals surface area contributed by atoms with E-state index in [2.05, 4.69) is 30.7 Å². The molecule has 17 heavy (non-hydrogen) atoms. The van der Waals surface area contributed by atoms with Crippen molar-refractivity contribution in [2.45, 2.75) is 13.5 Å². The second-order valence-corrected chi connectivity index (χ2v) is 3.56. The lowest BCUT2D eigenvalue weighted by Gasteiger charge is -2.03. The number of aromatic amines is 1. The summed E-state index contributed by atoms with van der Waals surface area (Å²) in [4.78, 5) is 4.18. The van der Waals surface area contributed by atoms with Crippen molar-refractivity contribution in [3.05, 3.63) is 30.2 Å². The molecule has 7 heteroatoms. The number of pyridine rings is 1. The Morgan fingerprint density at radius 3 is 3.18 bits per heavy atom. The molecular formula is C10H10N6O. The molecular weight excluding hydrogens is 220 g/mol. The normalized spacial score (nSPS) is 10.9. The molecule has 0 bridgehead atoms. The van der Waals surface area contributed by atoms with E-state index < -0.39 is 0 Å². The molecule has 0 amide bonds. The Balaban J connectivity index is 1.83. The summed E-state index contributed by atoms with van der Waals surface area (Å²) in [6.45, 7) is 2.23. The molecule has 0 unspecified atom stereocenters. The van der Waals surface area contributed by atoms with Crippen molar-refractivity contribution in [2.75, 3.05) is 5.32 Å². The van der Waals surface area contributed by atoms with Crippen LogP contribution in [0, 0.1) is 6.92 Å². The zero-order chi connectivity index (χ0) is 11.7. The van der Waals surface area contributed by atoms with Gasteiger partial charge in [0.1, 0.15) is 11.0 Å². The molecule has 0 fully saturated rings. The minimum atomic E-state index is 0.471. The molecule has 0 saturated carbocycles. The highest BCUT2D eigenvalue weighted by Crippen LogP contribution is 2.18. The number of anilines is 1. The Morgan fingerprint density at radius 2 is 2.35 bits per heavy atom. The topological polar surface area (TPSA) is 92.5 Å². The van der Waals surface area contributed by atoms with Gasteiger partial charge in [0.05, 0.1) is 18.4 Å². The summed E-state index contributed by atoms with van der Waals surface area (Å²) in [5.74, 6) is 1.11. The van der Waals surface area contributed by atoms with E-state index in [-0.39, 0.29) is 0 Å². The van der Waals surface area contributed by atoms with Gasteiger partial charge in [0.25, 0.3) is 0 Å². The number of nitrogens with one attached hydrogen (secondary N) is 2. The lowest BCUT2D eigenvalue weighted by molar-refractivity contribution is 0.475. The fourth-order valence-corrected chi connectivity index (χ4v) is 1.58. The van der Waals surface area contributed by atoms with E-state index in [0.29, 0.717) is 18.3 Å². The first-order chi connectivity index (χ1) is 8.33. The number of hydrogen-bond acceptors (Lipinski definition) is 6. The fourth-order valence-electron chi connectivity index (χ4n) is 1.58. The number of H-pyrrole nitrogens is 1. The average molecular weight is 230 g/mol. The summed E-state index contributed by atoms with van der Waals surface area (Å²) >= 11 is 0. The third kappa shape index (κ3) is 1.82. The van der Waals surface area contributed by atoms with E-state index in [1.54, 1.807) is 19.3 Å². The molecule has 7 nitrogen and oxygen atoms in total. The highest BCUT2D eigenvalue weighted by Gasteiger charge is 2.05. The zero-order valence-corrected chi connectivity index (χ0v) is 9.14. The molecule has 0 saturated heterocycles. The Bertz CT molecular complexity index is 643. The number of fused-ring (bicyclic) bond motifs is 1. The molecule has 3 aromatic heterocycles. The number of nitrogens with zero attached hydrogens (tertiary/aromatic N) is 4. The van der Waals surface area contributed by atoms with Gasteiger partial charge in [-0.1, -0.05) is 0 Å². The van der Waals surface area contributed by atoms with Crippen LogP contribution in [0.4, 0.5) is 5.69 Å². The summed E-state index contributed by atoms with van der Waals surface area (Å²) < 4.78 is 5.27. The molecule has 86 valence electrons. The van der Waals surface area contributed by atoms with Gasteiger partial charge < -0.3 is 9.73 Å². The number of hydrogen-bond donors (Lipinski definition) is 2. The molecule has 3 rings (SSSR count). The van der Waals surface area contributed by atoms with Gasteiger partial charge in [-0.05, 0) is 6.07 Å². The third-order valence-corrected chi connectivity index (χ3v) is 2.34. The molecule has 0 aliphatic rings. The van der Waals surface area contributed by atoms with Crippen molar-refractivity contribution in [2.24, 2.45) is 0 Å². The number of aromatic nitrogens is 5. The first kappa shape index (κ1) is 9.76. The minimum absolute atomic E-state index is 0.471. The van der Waals surface area contributed by atoms with Gasteiger partial charge >= 0.3 is 0 Å². The minimum Gasteiger partial charge on any atom is -0.424 e. The maximum Gasteiger partial charge on any atom is 0.235 e. The number of rotatable bonds is 3. The quantitative estimate of drug-likeness (QED) is 0.703. The van der Waals surface area contributed by atoms with Crippen molar-refractivity contribution in [3.63, 3.8) is 0 Å². The van der Waals surface area contributed by atoms with E-state index in [0.717, 1.165) is 16.7 Å². The molecule has 3 heterocycles. The first-order valence-corrected chi connectivity index (χ1v) is 5.14. The zero-order valence-electron chi connectivity index (χ0n) is 9.14. The van der Waals surface area contributed by atoms with Gasteiger partial charge in [0, 0.05) is 13.1 Å². The molecule has 0 aliphatic carbocycles. The lowest BCUT2D eigenvalue weighted by atomic mass is 10.3. The number of aryl methyl sites for hydroxylation is 1. The molecule has 0 spiro atoms. The molecule has 0 aromatic carbocycles. The van der Waals surface area contributed by atoms with Gasteiger partial charge in [-0.3, -0.25) is 10.1 Å². The van der Waals surface area contributed by atoms with E-state index >= 15 is 0 Å². The summed E-state index contributed by atoms with van der Waals surface area (Å²) in [5, 5.41) is 17.7. The van der Waals surface area contributed by atoms with Crippen LogP contribution in [-0.4, -0.2) is 25.4 Å². The summed E-state index contributed by atoms with van der Waals surface area (Å²) in [5.41, 5.74) is 2.59. The van der Waals surface area contributed by atoms with Gasteiger partial charge in [-0.15, -0.1) is 10.2 Å². The van der Waals surface area contributed by atoms with Crippen molar-refractivity contribution < 1.29 is 4.42 Å². The summed E-state index contributed by atoms with van der Waals surface area (Å²) in [6.07, 6.45) is 3.40. The Labute approximate surface area is 96.3 Å². The molecule has 3 aromatic rings. The van der Waals surface area contributed by atoms with Crippen LogP contribution in [0.5, 0.6) is 0 Å². The predicted molar refractivity (Wildman–Crippen MR) is 60.3 cm³/mol. The largest absolute Gasteiger partial charge is 0.424 e. The molecule has 0 atom stereocenters. The van der Waals surface area contributed by atoms with Crippen LogP contribution < -0.4 is 5.32 Å². The van der Waals surface area contributed by atoms with Crippen molar-refractivity contribution >= 4 is 16.7 Å². The van der Waals surface area contributed by atoms with Crippen LogP contribution in [0.2, 0.25) is 0 Å². The highest BCUT2D eigenvalue weighted by atomic mass is 16.4. The smallest absolute Gasteiger partial charge is 0.235 e. The maximum absolute atomic E-state index is 5.27. The average Bonchev–Trinajstić information content (AvgIpc) is 2.94. The maximum atomic E-state index is 5.27. The highest BCUT2D eigenvalue weighted by molar-refractivity contribution is 5.86. The van der Waals surface area contributed by atoms with E-state index in [1.807, 2.05) is 6.07 Å². The Kier molecular flexibility index (Phi) is 2.21. The second-order valence-electron chi connectivity index (χ2n) is 3.56. The van der Waals surface area contributed by atoms with Gasteiger partial charge in [0.15, 0.2) is 0 Å². The fraction of sp³-hybridized carbons (Fsp3) is 0.200. The van der Waals surface area contributed by atoms with Gasteiger partial charge in [-0.2, -0.15) is 5.10 Å². The van der Waals surface area contributed by atoms with Crippen LogP contribution in [0.1, 0.15) is 11.8 Å². The molecule has 2 N–H and O–H groups in total. The first-order valence-electron chi connectivity index (χ1n) is 5.14. The van der Waals surface area contributed by atoms with E-state index in [4.69, 9.17) is 4.42 Å². The van der Waals surface area contributed by atoms with Gasteiger partial charge in [0.2, 0.25) is 11.8 Å². The summed E-state index contributed by atoms with van der Waals surface area (Å²) in [6, 6.07) is 1.86. The summed E-state index contributed by atoms with van der Waals surface area (Å²) in [7, 11) is 0. The van der Waals surface area contributed by atoms with E-state index in [1.165, 1.54) is 0 Å². The Morgan fingerprint density at radius 1 is 1.41 bits per heavy atom. The monoisotopic (exact) mass is 230 g/mol. The molecule has 0 aliphatic heterocycles. The second kappa shape index (κ2) is 3.85.